The largest absolute Gasteiger partial charge is 0.484 e. The fourth-order valence-electron chi connectivity index (χ4n) is 1.39. The zero-order chi connectivity index (χ0) is 18.9. The van der Waals surface area contributed by atoms with Gasteiger partial charge in [-0.25, -0.2) is 4.99 Å². The summed E-state index contributed by atoms with van der Waals surface area (Å²) in [5.41, 5.74) is 4.06. The monoisotopic (exact) mass is 384 g/mol. The van der Waals surface area contributed by atoms with Crippen LogP contribution in [0.15, 0.2) is 17.1 Å². The Bertz CT molecular complexity index is 639. The molecule has 24 heavy (non-hydrogen) atoms. The van der Waals surface area contributed by atoms with Crippen LogP contribution in [0.25, 0.3) is 0 Å². The first-order valence-corrected chi connectivity index (χ1v) is 6.32. The third-order valence-electron chi connectivity index (χ3n) is 2.55. The maximum absolute atomic E-state index is 13.0. The van der Waals surface area contributed by atoms with Crippen molar-refractivity contribution in [3.05, 3.63) is 22.7 Å². The number of amidine groups is 1. The number of benzene rings is 1. The zero-order valence-corrected chi connectivity index (χ0v) is 12.5. The predicted octanol–water partition coefficient (Wildman–Crippen LogP) is 4.78. The van der Waals surface area contributed by atoms with Crippen LogP contribution in [-0.2, 0) is 0 Å². The third kappa shape index (κ3) is 4.86. The summed E-state index contributed by atoms with van der Waals surface area (Å²) in [6, 6.07) is 1.67. The number of hydrogen-bond donors (Lipinski definition) is 1. The van der Waals surface area contributed by atoms with Crippen LogP contribution >= 0.6 is 11.6 Å². The second kappa shape index (κ2) is 6.61. The van der Waals surface area contributed by atoms with Crippen LogP contribution < -0.4 is 10.5 Å². The molecule has 0 heterocycles. The zero-order valence-electron chi connectivity index (χ0n) is 11.7. The van der Waals surface area contributed by atoms with E-state index in [0.717, 1.165) is 6.07 Å². The van der Waals surface area contributed by atoms with Gasteiger partial charge in [-0.3, -0.25) is 0 Å². The second-order valence-electron chi connectivity index (χ2n) is 4.54. The van der Waals surface area contributed by atoms with Crippen LogP contribution in [0, 0.1) is 6.92 Å². The van der Waals surface area contributed by atoms with E-state index >= 15 is 0 Å². The molecule has 12 heteroatoms. The highest BCUT2D eigenvalue weighted by Gasteiger charge is 2.60. The first-order valence-electron chi connectivity index (χ1n) is 5.94. The lowest BCUT2D eigenvalue weighted by Crippen LogP contribution is -2.48. The molecule has 0 aromatic heterocycles. The average molecular weight is 385 g/mol. The van der Waals surface area contributed by atoms with Crippen molar-refractivity contribution in [2.24, 2.45) is 10.7 Å². The van der Waals surface area contributed by atoms with Crippen LogP contribution in [0.5, 0.6) is 5.75 Å². The molecule has 1 aromatic carbocycles. The summed E-state index contributed by atoms with van der Waals surface area (Å²) in [5, 5.41) is -0.396. The predicted molar refractivity (Wildman–Crippen MR) is 70.0 cm³/mol. The van der Waals surface area contributed by atoms with E-state index in [1.54, 1.807) is 0 Å². The van der Waals surface area contributed by atoms with E-state index in [2.05, 4.69) is 15.5 Å². The fraction of sp³-hybridized carbons (Fsp3) is 0.417. The summed E-state index contributed by atoms with van der Waals surface area (Å²) in [6.07, 6.45) is -10.7. The minimum Gasteiger partial charge on any atom is -0.484 e. The lowest BCUT2D eigenvalue weighted by molar-refractivity contribution is -0.249. The number of aryl methyl sites for hydroxylation is 1. The minimum absolute atomic E-state index is 0.0874. The van der Waals surface area contributed by atoms with Crippen LogP contribution in [0.3, 0.4) is 0 Å². The molecule has 1 rings (SSSR count). The van der Waals surface area contributed by atoms with Gasteiger partial charge in [0.1, 0.15) is 5.75 Å². The van der Waals surface area contributed by atoms with Gasteiger partial charge in [0.15, 0.2) is 12.4 Å². The van der Waals surface area contributed by atoms with E-state index < -0.39 is 47.2 Å². The van der Waals surface area contributed by atoms with Crippen molar-refractivity contribution in [1.82, 2.24) is 0 Å². The summed E-state index contributed by atoms with van der Waals surface area (Å²) in [5.74, 6) is -7.99. The standard InChI is InChI=1S/C12H9ClF8N2O/c1-5-2-6(13)7(3-8(5)24-4-10(14,15)16)23-9(22)11(17,18)12(19,20)21/h2-3H,4H2,1H3,(H2,22,23). The highest BCUT2D eigenvalue weighted by Crippen LogP contribution is 2.38. The topological polar surface area (TPSA) is 47.6 Å². The van der Waals surface area contributed by atoms with Gasteiger partial charge in [-0.05, 0) is 18.6 Å². The Balaban J connectivity index is 3.23. The van der Waals surface area contributed by atoms with Crippen LogP contribution in [0.4, 0.5) is 40.8 Å². The molecule has 2 N–H and O–H groups in total. The Morgan fingerprint density at radius 2 is 1.67 bits per heavy atom. The number of nitrogens with two attached hydrogens (primary N) is 1. The van der Waals surface area contributed by atoms with Gasteiger partial charge in [-0.1, -0.05) is 11.6 Å². The molecule has 0 aliphatic rings. The first-order chi connectivity index (χ1) is 10.6. The Kier molecular flexibility index (Phi) is 5.58. The Hall–Kier alpha value is -1.78. The van der Waals surface area contributed by atoms with Crippen molar-refractivity contribution < 1.29 is 39.9 Å². The number of halogens is 9. The van der Waals surface area contributed by atoms with Gasteiger partial charge in [-0.15, -0.1) is 0 Å². The van der Waals surface area contributed by atoms with Gasteiger partial charge >= 0.3 is 18.3 Å². The molecule has 0 atom stereocenters. The van der Waals surface area contributed by atoms with Crippen molar-refractivity contribution in [1.29, 1.82) is 0 Å². The molecule has 1 aromatic rings. The second-order valence-corrected chi connectivity index (χ2v) is 4.95. The molecule has 3 nitrogen and oxygen atoms in total. The normalized spacial score (nSPS) is 14.0. The highest BCUT2D eigenvalue weighted by molar-refractivity contribution is 6.33. The summed E-state index contributed by atoms with van der Waals surface area (Å²) in [4.78, 5) is 2.87. The van der Waals surface area contributed by atoms with E-state index in [9.17, 15) is 35.1 Å². The van der Waals surface area contributed by atoms with Gasteiger partial charge in [0, 0.05) is 6.07 Å². The molecule has 0 bridgehead atoms. The van der Waals surface area contributed by atoms with E-state index in [0.29, 0.717) is 6.07 Å². The van der Waals surface area contributed by atoms with Crippen molar-refractivity contribution >= 4 is 23.1 Å². The summed E-state index contributed by atoms with van der Waals surface area (Å²) in [7, 11) is 0. The molecule has 0 saturated carbocycles. The Morgan fingerprint density at radius 3 is 2.12 bits per heavy atom. The molecule has 0 fully saturated rings. The molecule has 0 spiro atoms. The third-order valence-corrected chi connectivity index (χ3v) is 2.86. The van der Waals surface area contributed by atoms with Crippen LogP contribution in [0.1, 0.15) is 5.56 Å². The van der Waals surface area contributed by atoms with Crippen molar-refractivity contribution in [3.63, 3.8) is 0 Å². The highest BCUT2D eigenvalue weighted by atomic mass is 35.5. The van der Waals surface area contributed by atoms with Crippen molar-refractivity contribution in [2.45, 2.75) is 25.2 Å². The number of hydrogen-bond acceptors (Lipinski definition) is 2. The molecular formula is C12H9ClF8N2O. The van der Waals surface area contributed by atoms with E-state index in [1.807, 2.05) is 0 Å². The summed E-state index contributed by atoms with van der Waals surface area (Å²) in [6.45, 7) is -0.411. The van der Waals surface area contributed by atoms with Crippen LogP contribution in [0.2, 0.25) is 5.02 Å². The van der Waals surface area contributed by atoms with Gasteiger partial charge < -0.3 is 10.5 Å². The van der Waals surface area contributed by atoms with Gasteiger partial charge in [0.05, 0.1) is 10.7 Å². The molecule has 0 amide bonds. The fourth-order valence-corrected chi connectivity index (χ4v) is 1.65. The van der Waals surface area contributed by atoms with Gasteiger partial charge in [-0.2, -0.15) is 35.1 Å². The van der Waals surface area contributed by atoms with E-state index in [4.69, 9.17) is 11.6 Å². The number of alkyl halides is 8. The van der Waals surface area contributed by atoms with E-state index in [-0.39, 0.29) is 5.56 Å². The number of aliphatic imine (C=N–C) groups is 1. The van der Waals surface area contributed by atoms with E-state index in [1.165, 1.54) is 6.92 Å². The quantitative estimate of drug-likeness (QED) is 0.461. The van der Waals surface area contributed by atoms with Gasteiger partial charge in [0.2, 0.25) is 0 Å². The Labute approximate surface area is 135 Å². The van der Waals surface area contributed by atoms with Crippen LogP contribution in [-0.4, -0.2) is 30.7 Å². The van der Waals surface area contributed by atoms with Crippen molar-refractivity contribution in [2.75, 3.05) is 6.61 Å². The number of rotatable bonds is 4. The molecular weight excluding hydrogens is 376 g/mol. The molecule has 0 radical (unpaired) electrons. The number of nitrogens with zero attached hydrogens (tertiary/aromatic N) is 1. The molecule has 136 valence electrons. The maximum atomic E-state index is 13.0. The smallest absolute Gasteiger partial charge is 0.461 e. The maximum Gasteiger partial charge on any atom is 0.461 e. The molecule has 0 aliphatic heterocycles. The summed E-state index contributed by atoms with van der Waals surface area (Å²) < 4.78 is 103. The Morgan fingerprint density at radius 1 is 1.12 bits per heavy atom. The van der Waals surface area contributed by atoms with Gasteiger partial charge in [0.25, 0.3) is 0 Å². The average Bonchev–Trinajstić information content (AvgIpc) is 2.37. The summed E-state index contributed by atoms with van der Waals surface area (Å²) >= 11 is 5.63. The van der Waals surface area contributed by atoms with Crippen molar-refractivity contribution in [3.8, 4) is 5.75 Å². The minimum atomic E-state index is -5.99. The molecule has 0 saturated heterocycles. The number of ether oxygens (including phenoxy) is 1. The molecule has 0 aliphatic carbocycles. The SMILES string of the molecule is Cc1cc(Cl)c(/N=C(\N)C(F)(F)C(F)(F)F)cc1OCC(F)(F)F. The molecule has 0 unspecified atom stereocenters. The lowest BCUT2D eigenvalue weighted by Gasteiger charge is -2.19. The lowest BCUT2D eigenvalue weighted by atomic mass is 10.2. The first kappa shape index (κ1) is 20.3.